The number of ether oxygens (including phenoxy) is 2. The molecule has 1 aromatic rings. The van der Waals surface area contributed by atoms with Crippen LogP contribution in [0.5, 0.6) is 0 Å². The Morgan fingerprint density at radius 2 is 2.00 bits per heavy atom. The van der Waals surface area contributed by atoms with Crippen LogP contribution in [0.1, 0.15) is 16.8 Å². The minimum Gasteiger partial charge on any atom is -0.385 e. The fourth-order valence-electron chi connectivity index (χ4n) is 1.68. The van der Waals surface area contributed by atoms with Gasteiger partial charge in [0, 0.05) is 51.7 Å². The molecule has 19 heavy (non-hydrogen) atoms. The number of pyridine rings is 1. The van der Waals surface area contributed by atoms with Crippen LogP contribution in [0.4, 0.5) is 0 Å². The van der Waals surface area contributed by atoms with Gasteiger partial charge in [0.05, 0.1) is 6.61 Å². The molecule has 0 saturated heterocycles. The lowest BCUT2D eigenvalue weighted by atomic mass is 10.2. The first-order chi connectivity index (χ1) is 9.19. The third-order valence-corrected chi connectivity index (χ3v) is 2.65. The van der Waals surface area contributed by atoms with Crippen molar-refractivity contribution in [3.8, 4) is 0 Å². The number of amides is 1. The number of hydrogen-bond donors (Lipinski definition) is 1. The van der Waals surface area contributed by atoms with Crippen LogP contribution < -0.4 is 5.56 Å². The zero-order valence-corrected chi connectivity index (χ0v) is 11.3. The molecular weight excluding hydrogens is 248 g/mol. The van der Waals surface area contributed by atoms with Gasteiger partial charge in [-0.25, -0.2) is 0 Å². The van der Waals surface area contributed by atoms with Crippen LogP contribution in [0.15, 0.2) is 23.1 Å². The average Bonchev–Trinajstić information content (AvgIpc) is 2.42. The Kier molecular flexibility index (Phi) is 6.84. The van der Waals surface area contributed by atoms with Crippen LogP contribution in [-0.4, -0.2) is 56.3 Å². The standard InChI is InChI=1S/C13H20N2O4/c1-18-8-3-6-15(7-9-19-2)13(17)11-4-5-14-12(16)10-11/h4-5,10H,3,6-9H2,1-2H3,(H,14,16). The Morgan fingerprint density at radius 1 is 1.26 bits per heavy atom. The quantitative estimate of drug-likeness (QED) is 0.697. The summed E-state index contributed by atoms with van der Waals surface area (Å²) < 4.78 is 9.97. The topological polar surface area (TPSA) is 71.6 Å². The highest BCUT2D eigenvalue weighted by Gasteiger charge is 2.15. The summed E-state index contributed by atoms with van der Waals surface area (Å²) in [5, 5.41) is 0. The van der Waals surface area contributed by atoms with Crippen LogP contribution in [0.2, 0.25) is 0 Å². The van der Waals surface area contributed by atoms with E-state index in [1.165, 1.54) is 12.3 Å². The van der Waals surface area contributed by atoms with E-state index in [0.717, 1.165) is 6.42 Å². The van der Waals surface area contributed by atoms with Crippen molar-refractivity contribution in [1.29, 1.82) is 0 Å². The summed E-state index contributed by atoms with van der Waals surface area (Å²) in [6.07, 6.45) is 2.22. The number of hydrogen-bond acceptors (Lipinski definition) is 4. The SMILES string of the molecule is COCCCN(CCOC)C(=O)c1cc[nH]c(=O)c1. The molecule has 1 aromatic heterocycles. The molecule has 6 nitrogen and oxygen atoms in total. The summed E-state index contributed by atoms with van der Waals surface area (Å²) in [5.41, 5.74) is 0.103. The smallest absolute Gasteiger partial charge is 0.254 e. The number of aromatic nitrogens is 1. The van der Waals surface area contributed by atoms with Gasteiger partial charge in [-0.1, -0.05) is 0 Å². The Hall–Kier alpha value is -1.66. The van der Waals surface area contributed by atoms with Crippen LogP contribution in [0, 0.1) is 0 Å². The fraction of sp³-hybridized carbons (Fsp3) is 0.538. The molecule has 0 fully saturated rings. The van der Waals surface area contributed by atoms with Crippen molar-refractivity contribution >= 4 is 5.91 Å². The maximum atomic E-state index is 12.3. The molecular formula is C13H20N2O4. The summed E-state index contributed by atoms with van der Waals surface area (Å²) in [6.45, 7) is 2.11. The zero-order chi connectivity index (χ0) is 14.1. The second-order valence-corrected chi connectivity index (χ2v) is 4.07. The number of nitrogens with zero attached hydrogens (tertiary/aromatic N) is 1. The van der Waals surface area contributed by atoms with Gasteiger partial charge in [-0.3, -0.25) is 9.59 Å². The van der Waals surface area contributed by atoms with Crippen LogP contribution in [0.3, 0.4) is 0 Å². The largest absolute Gasteiger partial charge is 0.385 e. The molecule has 1 amide bonds. The second-order valence-electron chi connectivity index (χ2n) is 4.07. The average molecular weight is 268 g/mol. The molecule has 0 atom stereocenters. The van der Waals surface area contributed by atoms with Gasteiger partial charge in [0.1, 0.15) is 0 Å². The fourth-order valence-corrected chi connectivity index (χ4v) is 1.68. The molecule has 0 radical (unpaired) electrons. The van der Waals surface area contributed by atoms with E-state index in [1.807, 2.05) is 0 Å². The molecule has 1 heterocycles. The maximum absolute atomic E-state index is 12.3. The molecule has 1 N–H and O–H groups in total. The summed E-state index contributed by atoms with van der Waals surface area (Å²) in [4.78, 5) is 27.6. The normalized spacial score (nSPS) is 10.4. The summed E-state index contributed by atoms with van der Waals surface area (Å²) >= 11 is 0. The molecule has 0 spiro atoms. The van der Waals surface area contributed by atoms with Gasteiger partial charge < -0.3 is 19.4 Å². The first-order valence-electron chi connectivity index (χ1n) is 6.15. The highest BCUT2D eigenvalue weighted by Crippen LogP contribution is 2.03. The van der Waals surface area contributed by atoms with Crippen molar-refractivity contribution in [2.45, 2.75) is 6.42 Å². The monoisotopic (exact) mass is 268 g/mol. The van der Waals surface area contributed by atoms with Crippen molar-refractivity contribution in [3.05, 3.63) is 34.2 Å². The van der Waals surface area contributed by atoms with E-state index in [2.05, 4.69) is 4.98 Å². The van der Waals surface area contributed by atoms with Crippen LogP contribution in [0.25, 0.3) is 0 Å². The van der Waals surface area contributed by atoms with E-state index in [4.69, 9.17) is 9.47 Å². The minimum atomic E-state index is -0.283. The Morgan fingerprint density at radius 3 is 2.63 bits per heavy atom. The van der Waals surface area contributed by atoms with Gasteiger partial charge in [-0.15, -0.1) is 0 Å². The van der Waals surface area contributed by atoms with E-state index in [9.17, 15) is 9.59 Å². The highest BCUT2D eigenvalue weighted by molar-refractivity contribution is 5.94. The molecule has 0 aliphatic heterocycles. The van der Waals surface area contributed by atoms with Crippen molar-refractivity contribution in [1.82, 2.24) is 9.88 Å². The van der Waals surface area contributed by atoms with E-state index in [-0.39, 0.29) is 11.5 Å². The predicted molar refractivity (Wildman–Crippen MR) is 71.3 cm³/mol. The van der Waals surface area contributed by atoms with E-state index >= 15 is 0 Å². The van der Waals surface area contributed by atoms with Crippen LogP contribution in [-0.2, 0) is 9.47 Å². The minimum absolute atomic E-state index is 0.167. The molecule has 0 aromatic carbocycles. The number of carbonyl (C=O) groups excluding carboxylic acids is 1. The maximum Gasteiger partial charge on any atom is 0.254 e. The lowest BCUT2D eigenvalue weighted by Gasteiger charge is -2.22. The first kappa shape index (κ1) is 15.4. The highest BCUT2D eigenvalue weighted by atomic mass is 16.5. The molecule has 106 valence electrons. The zero-order valence-electron chi connectivity index (χ0n) is 11.3. The number of nitrogens with one attached hydrogen (secondary N) is 1. The van der Waals surface area contributed by atoms with Gasteiger partial charge in [0.15, 0.2) is 0 Å². The van der Waals surface area contributed by atoms with Crippen molar-refractivity contribution in [2.24, 2.45) is 0 Å². The van der Waals surface area contributed by atoms with Gasteiger partial charge in [-0.05, 0) is 12.5 Å². The Bertz CT molecular complexity index is 444. The Balaban J connectivity index is 2.72. The number of methoxy groups -OCH3 is 2. The Labute approximate surface area is 112 Å². The third-order valence-electron chi connectivity index (χ3n) is 2.65. The number of carbonyl (C=O) groups is 1. The number of H-pyrrole nitrogens is 1. The molecule has 6 heteroatoms. The molecule has 0 aliphatic rings. The molecule has 1 rings (SSSR count). The number of aromatic amines is 1. The van der Waals surface area contributed by atoms with Crippen molar-refractivity contribution in [2.75, 3.05) is 40.5 Å². The van der Waals surface area contributed by atoms with Gasteiger partial charge in [0.2, 0.25) is 5.56 Å². The van der Waals surface area contributed by atoms with Crippen LogP contribution >= 0.6 is 0 Å². The lowest BCUT2D eigenvalue weighted by Crippen LogP contribution is -2.35. The predicted octanol–water partition coefficient (Wildman–Crippen LogP) is 0.500. The van der Waals surface area contributed by atoms with E-state index in [0.29, 0.717) is 31.9 Å². The van der Waals surface area contributed by atoms with E-state index < -0.39 is 0 Å². The van der Waals surface area contributed by atoms with Gasteiger partial charge in [-0.2, -0.15) is 0 Å². The summed E-state index contributed by atoms with van der Waals surface area (Å²) in [5.74, 6) is -0.167. The number of rotatable bonds is 8. The lowest BCUT2D eigenvalue weighted by molar-refractivity contribution is 0.0674. The third kappa shape index (κ3) is 5.23. The molecule has 0 bridgehead atoms. The first-order valence-corrected chi connectivity index (χ1v) is 6.15. The van der Waals surface area contributed by atoms with Gasteiger partial charge >= 0.3 is 0 Å². The van der Waals surface area contributed by atoms with Crippen molar-refractivity contribution < 1.29 is 14.3 Å². The van der Waals surface area contributed by atoms with Gasteiger partial charge in [0.25, 0.3) is 5.91 Å². The molecule has 0 unspecified atom stereocenters. The summed E-state index contributed by atoms with van der Waals surface area (Å²) in [6, 6.07) is 2.90. The van der Waals surface area contributed by atoms with E-state index in [1.54, 1.807) is 25.2 Å². The second kappa shape index (κ2) is 8.44. The molecule has 0 aliphatic carbocycles. The molecule has 0 saturated carbocycles. The van der Waals surface area contributed by atoms with Crippen molar-refractivity contribution in [3.63, 3.8) is 0 Å². The summed E-state index contributed by atoms with van der Waals surface area (Å²) in [7, 11) is 3.21.